The summed E-state index contributed by atoms with van der Waals surface area (Å²) in [5.41, 5.74) is 5.39. The molecule has 1 fully saturated rings. The molecule has 1 aromatic heterocycles. The Morgan fingerprint density at radius 1 is 1.73 bits per heavy atom. The second-order valence-corrected chi connectivity index (χ2v) is 5.97. The highest BCUT2D eigenvalue weighted by Crippen LogP contribution is 2.32. The molecule has 5 heteroatoms. The first-order chi connectivity index (χ1) is 7.08. The molecule has 1 unspecified atom stereocenters. The molecular formula is C10H13BrN2OS. The predicted molar refractivity (Wildman–Crippen MR) is 64.8 cm³/mol. The van der Waals surface area contributed by atoms with Crippen molar-refractivity contribution in [1.82, 2.24) is 5.32 Å². The van der Waals surface area contributed by atoms with E-state index < -0.39 is 0 Å². The van der Waals surface area contributed by atoms with Gasteiger partial charge in [0.1, 0.15) is 6.04 Å². The van der Waals surface area contributed by atoms with Crippen LogP contribution in [0.3, 0.4) is 0 Å². The standard InChI is InChI=1S/C10H13BrN2OS/c1-5-7(11)4-8(15-5)9(10(12)14)13-6-2-3-6/h4,6,9,13H,2-3H2,1H3,(H2,12,14). The zero-order chi connectivity index (χ0) is 11.0. The Morgan fingerprint density at radius 3 is 2.80 bits per heavy atom. The minimum absolute atomic E-state index is 0.296. The van der Waals surface area contributed by atoms with Crippen LogP contribution in [-0.4, -0.2) is 11.9 Å². The number of rotatable bonds is 4. The number of thiophene rings is 1. The summed E-state index contributed by atoms with van der Waals surface area (Å²) in [5, 5.41) is 3.26. The van der Waals surface area contributed by atoms with Gasteiger partial charge in [0.2, 0.25) is 5.91 Å². The van der Waals surface area contributed by atoms with Gasteiger partial charge in [-0.05, 0) is 41.8 Å². The highest BCUT2D eigenvalue weighted by Gasteiger charge is 2.29. The number of carbonyl (C=O) groups excluding carboxylic acids is 1. The number of nitrogens with two attached hydrogens (primary N) is 1. The van der Waals surface area contributed by atoms with E-state index >= 15 is 0 Å². The minimum Gasteiger partial charge on any atom is -0.368 e. The molecule has 0 spiro atoms. The largest absolute Gasteiger partial charge is 0.368 e. The van der Waals surface area contributed by atoms with Crippen LogP contribution in [0.2, 0.25) is 0 Å². The molecule has 0 bridgehead atoms. The Kier molecular flexibility index (Phi) is 3.13. The van der Waals surface area contributed by atoms with Crippen molar-refractivity contribution in [3.05, 3.63) is 20.3 Å². The van der Waals surface area contributed by atoms with E-state index in [0.29, 0.717) is 6.04 Å². The Hall–Kier alpha value is -0.390. The van der Waals surface area contributed by atoms with Gasteiger partial charge in [-0.1, -0.05) is 0 Å². The van der Waals surface area contributed by atoms with Crippen LogP contribution in [0.15, 0.2) is 10.5 Å². The first kappa shape index (κ1) is 11.1. The van der Waals surface area contributed by atoms with Crippen molar-refractivity contribution in [2.45, 2.75) is 31.8 Å². The number of hydrogen-bond donors (Lipinski definition) is 2. The fourth-order valence-corrected chi connectivity index (χ4v) is 3.04. The van der Waals surface area contributed by atoms with Gasteiger partial charge in [-0.2, -0.15) is 0 Å². The van der Waals surface area contributed by atoms with Crippen LogP contribution in [0, 0.1) is 6.92 Å². The molecule has 0 aromatic carbocycles. The van der Waals surface area contributed by atoms with Gasteiger partial charge in [0.25, 0.3) is 0 Å². The fraction of sp³-hybridized carbons (Fsp3) is 0.500. The molecule has 3 N–H and O–H groups in total. The highest BCUT2D eigenvalue weighted by molar-refractivity contribution is 9.10. The lowest BCUT2D eigenvalue weighted by Gasteiger charge is -2.12. The molecule has 0 saturated heterocycles. The van der Waals surface area contributed by atoms with E-state index in [-0.39, 0.29) is 11.9 Å². The molecule has 1 amide bonds. The van der Waals surface area contributed by atoms with Gasteiger partial charge < -0.3 is 5.73 Å². The van der Waals surface area contributed by atoms with Crippen molar-refractivity contribution in [2.24, 2.45) is 5.73 Å². The SMILES string of the molecule is Cc1sc(C(NC2CC2)C(N)=O)cc1Br. The van der Waals surface area contributed by atoms with Crippen LogP contribution in [0.1, 0.15) is 28.6 Å². The molecule has 1 aromatic rings. The molecule has 2 rings (SSSR count). The number of aryl methyl sites for hydroxylation is 1. The zero-order valence-electron chi connectivity index (χ0n) is 8.42. The van der Waals surface area contributed by atoms with E-state index in [1.54, 1.807) is 11.3 Å². The monoisotopic (exact) mass is 288 g/mol. The van der Waals surface area contributed by atoms with Gasteiger partial charge in [0.15, 0.2) is 0 Å². The second kappa shape index (κ2) is 4.23. The van der Waals surface area contributed by atoms with Gasteiger partial charge >= 0.3 is 0 Å². The number of hydrogen-bond acceptors (Lipinski definition) is 3. The van der Waals surface area contributed by atoms with Crippen LogP contribution in [0.25, 0.3) is 0 Å². The molecule has 82 valence electrons. The molecule has 1 aliphatic carbocycles. The second-order valence-electron chi connectivity index (χ2n) is 3.83. The average molecular weight is 289 g/mol. The van der Waals surface area contributed by atoms with Gasteiger partial charge in [-0.25, -0.2) is 0 Å². The van der Waals surface area contributed by atoms with Crippen LogP contribution < -0.4 is 11.1 Å². The maximum atomic E-state index is 11.3. The smallest absolute Gasteiger partial charge is 0.240 e. The fourth-order valence-electron chi connectivity index (χ4n) is 1.41. The third-order valence-electron chi connectivity index (χ3n) is 2.43. The predicted octanol–water partition coefficient (Wildman–Crippen LogP) is 2.10. The Bertz CT molecular complexity index is 367. The highest BCUT2D eigenvalue weighted by atomic mass is 79.9. The zero-order valence-corrected chi connectivity index (χ0v) is 10.8. The lowest BCUT2D eigenvalue weighted by atomic mass is 10.2. The van der Waals surface area contributed by atoms with Crippen molar-refractivity contribution in [2.75, 3.05) is 0 Å². The summed E-state index contributed by atoms with van der Waals surface area (Å²) >= 11 is 5.06. The Balaban J connectivity index is 2.18. The molecule has 3 nitrogen and oxygen atoms in total. The quantitative estimate of drug-likeness (QED) is 0.892. The molecule has 1 saturated carbocycles. The van der Waals surface area contributed by atoms with Gasteiger partial charge in [0.05, 0.1) is 0 Å². The topological polar surface area (TPSA) is 55.1 Å². The van der Waals surface area contributed by atoms with Crippen LogP contribution in [-0.2, 0) is 4.79 Å². The van der Waals surface area contributed by atoms with Crippen molar-refractivity contribution in [1.29, 1.82) is 0 Å². The first-order valence-corrected chi connectivity index (χ1v) is 6.50. The Labute approximate surface area is 101 Å². The summed E-state index contributed by atoms with van der Waals surface area (Å²) < 4.78 is 1.05. The average Bonchev–Trinajstić information content (AvgIpc) is 2.91. The lowest BCUT2D eigenvalue weighted by molar-refractivity contribution is -0.120. The number of primary amides is 1. The summed E-state index contributed by atoms with van der Waals surface area (Å²) in [6.45, 7) is 2.02. The van der Waals surface area contributed by atoms with E-state index in [0.717, 1.165) is 22.2 Å². The number of nitrogens with one attached hydrogen (secondary N) is 1. The third kappa shape index (κ3) is 2.59. The molecule has 15 heavy (non-hydrogen) atoms. The summed E-state index contributed by atoms with van der Waals surface area (Å²) in [6.07, 6.45) is 2.30. The maximum absolute atomic E-state index is 11.3. The van der Waals surface area contributed by atoms with Crippen LogP contribution in [0.5, 0.6) is 0 Å². The molecule has 0 aliphatic heterocycles. The van der Waals surface area contributed by atoms with E-state index in [9.17, 15) is 4.79 Å². The molecule has 1 aliphatic rings. The van der Waals surface area contributed by atoms with Crippen molar-refractivity contribution < 1.29 is 4.79 Å². The summed E-state index contributed by atoms with van der Waals surface area (Å²) in [6, 6.07) is 2.13. The van der Waals surface area contributed by atoms with Gasteiger partial charge in [0, 0.05) is 20.3 Å². The molecule has 1 heterocycles. The van der Waals surface area contributed by atoms with Crippen molar-refractivity contribution in [3.8, 4) is 0 Å². The lowest BCUT2D eigenvalue weighted by Crippen LogP contribution is -2.34. The minimum atomic E-state index is -0.326. The van der Waals surface area contributed by atoms with Gasteiger partial charge in [-0.15, -0.1) is 11.3 Å². The van der Waals surface area contributed by atoms with Crippen LogP contribution in [0.4, 0.5) is 0 Å². The summed E-state index contributed by atoms with van der Waals surface area (Å²) in [7, 11) is 0. The number of halogens is 1. The molecular weight excluding hydrogens is 276 g/mol. The summed E-state index contributed by atoms with van der Waals surface area (Å²) in [5.74, 6) is -0.296. The molecule has 0 radical (unpaired) electrons. The number of amides is 1. The van der Waals surface area contributed by atoms with E-state index in [4.69, 9.17) is 5.73 Å². The maximum Gasteiger partial charge on any atom is 0.240 e. The summed E-state index contributed by atoms with van der Waals surface area (Å²) in [4.78, 5) is 13.5. The van der Waals surface area contributed by atoms with E-state index in [2.05, 4.69) is 21.2 Å². The first-order valence-electron chi connectivity index (χ1n) is 4.89. The van der Waals surface area contributed by atoms with Gasteiger partial charge in [-0.3, -0.25) is 10.1 Å². The third-order valence-corrected chi connectivity index (χ3v) is 4.63. The molecule has 1 atom stereocenters. The van der Waals surface area contributed by atoms with Crippen molar-refractivity contribution in [3.63, 3.8) is 0 Å². The van der Waals surface area contributed by atoms with Crippen molar-refractivity contribution >= 4 is 33.2 Å². The van der Waals surface area contributed by atoms with Crippen LogP contribution >= 0.6 is 27.3 Å². The van der Waals surface area contributed by atoms with E-state index in [1.807, 2.05) is 13.0 Å². The normalized spacial score (nSPS) is 17.7. The Morgan fingerprint density at radius 2 is 2.40 bits per heavy atom. The number of carbonyl (C=O) groups is 1. The van der Waals surface area contributed by atoms with E-state index in [1.165, 1.54) is 4.88 Å².